The zero-order chi connectivity index (χ0) is 21.3. The van der Waals surface area contributed by atoms with E-state index in [1.807, 2.05) is 61.5 Å². The Labute approximate surface area is 179 Å². The Hall–Kier alpha value is -2.82. The van der Waals surface area contributed by atoms with Gasteiger partial charge in [-0.05, 0) is 36.1 Å². The molecule has 1 aliphatic carbocycles. The highest BCUT2D eigenvalue weighted by Crippen LogP contribution is 2.21. The molecular formula is C25H32N2O3. The molecule has 1 atom stereocenters. The predicted octanol–water partition coefficient (Wildman–Crippen LogP) is 4.10. The van der Waals surface area contributed by atoms with Crippen molar-refractivity contribution in [3.05, 3.63) is 65.7 Å². The molecule has 1 aliphatic rings. The van der Waals surface area contributed by atoms with Gasteiger partial charge in [-0.25, -0.2) is 0 Å². The number of ether oxygens (including phenoxy) is 1. The second kappa shape index (κ2) is 10.8. The molecule has 2 amide bonds. The monoisotopic (exact) mass is 408 g/mol. The van der Waals surface area contributed by atoms with E-state index in [2.05, 4.69) is 5.32 Å². The smallest absolute Gasteiger partial charge is 0.243 e. The van der Waals surface area contributed by atoms with Gasteiger partial charge in [0.05, 0.1) is 7.11 Å². The summed E-state index contributed by atoms with van der Waals surface area (Å²) in [6.45, 7) is 2.22. The summed E-state index contributed by atoms with van der Waals surface area (Å²) in [7, 11) is 1.63. The minimum absolute atomic E-state index is 0.0275. The maximum Gasteiger partial charge on any atom is 0.243 e. The molecule has 0 saturated heterocycles. The largest absolute Gasteiger partial charge is 0.497 e. The highest BCUT2D eigenvalue weighted by atomic mass is 16.5. The van der Waals surface area contributed by atoms with Crippen LogP contribution >= 0.6 is 0 Å². The average molecular weight is 409 g/mol. The standard InChI is InChI=1S/C25H32N2O3/c1-3-24(28)27(18-20-12-9-15-22(16-20)30-2)23(17-19-10-5-4-6-11-19)25(29)26-21-13-7-8-14-21/h4-6,9-12,15-16,21,23H,3,7-8,13-14,17-18H2,1-2H3,(H,26,29)/t23-/m0/s1. The Bertz CT molecular complexity index is 831. The molecule has 0 aliphatic heterocycles. The molecular weight excluding hydrogens is 376 g/mol. The van der Waals surface area contributed by atoms with E-state index in [1.54, 1.807) is 12.0 Å². The molecule has 3 rings (SSSR count). The predicted molar refractivity (Wildman–Crippen MR) is 118 cm³/mol. The van der Waals surface area contributed by atoms with Crippen LogP contribution in [-0.2, 0) is 22.6 Å². The zero-order valence-electron chi connectivity index (χ0n) is 18.0. The Balaban J connectivity index is 1.87. The van der Waals surface area contributed by atoms with Gasteiger partial charge in [0.15, 0.2) is 0 Å². The number of rotatable bonds is 9. The lowest BCUT2D eigenvalue weighted by Gasteiger charge is -2.32. The van der Waals surface area contributed by atoms with Crippen LogP contribution < -0.4 is 10.1 Å². The second-order valence-corrected chi connectivity index (χ2v) is 7.92. The molecule has 0 radical (unpaired) electrons. The van der Waals surface area contributed by atoms with Crippen molar-refractivity contribution in [1.29, 1.82) is 0 Å². The van der Waals surface area contributed by atoms with Crippen molar-refractivity contribution < 1.29 is 14.3 Å². The van der Waals surface area contributed by atoms with Crippen molar-refractivity contribution in [2.24, 2.45) is 0 Å². The number of methoxy groups -OCH3 is 1. The van der Waals surface area contributed by atoms with Gasteiger partial charge in [-0.1, -0.05) is 62.2 Å². The lowest BCUT2D eigenvalue weighted by atomic mass is 10.0. The molecule has 5 heteroatoms. The van der Waals surface area contributed by atoms with Gasteiger partial charge in [0.1, 0.15) is 11.8 Å². The molecule has 1 fully saturated rings. The summed E-state index contributed by atoms with van der Waals surface area (Å²) in [4.78, 5) is 28.0. The van der Waals surface area contributed by atoms with Gasteiger partial charge in [0.2, 0.25) is 11.8 Å². The van der Waals surface area contributed by atoms with Crippen molar-refractivity contribution in [2.75, 3.05) is 7.11 Å². The lowest BCUT2D eigenvalue weighted by molar-refractivity contribution is -0.141. The van der Waals surface area contributed by atoms with Crippen LogP contribution in [0.3, 0.4) is 0 Å². The third kappa shape index (κ3) is 5.85. The Morgan fingerprint density at radius 2 is 1.77 bits per heavy atom. The summed E-state index contributed by atoms with van der Waals surface area (Å²) < 4.78 is 5.33. The molecule has 0 heterocycles. The Morgan fingerprint density at radius 1 is 1.07 bits per heavy atom. The highest BCUT2D eigenvalue weighted by molar-refractivity contribution is 5.88. The summed E-state index contributed by atoms with van der Waals surface area (Å²) >= 11 is 0. The van der Waals surface area contributed by atoms with E-state index >= 15 is 0 Å². The van der Waals surface area contributed by atoms with Crippen molar-refractivity contribution in [2.45, 2.75) is 64.1 Å². The first kappa shape index (κ1) is 21.9. The number of nitrogens with one attached hydrogen (secondary N) is 1. The number of hydrogen-bond donors (Lipinski definition) is 1. The molecule has 0 unspecified atom stereocenters. The Morgan fingerprint density at radius 3 is 2.43 bits per heavy atom. The fourth-order valence-corrected chi connectivity index (χ4v) is 4.09. The number of benzene rings is 2. The molecule has 160 valence electrons. The van der Waals surface area contributed by atoms with Crippen molar-refractivity contribution in [3.63, 3.8) is 0 Å². The first-order valence-electron chi connectivity index (χ1n) is 10.9. The van der Waals surface area contributed by atoms with Gasteiger partial charge >= 0.3 is 0 Å². The average Bonchev–Trinajstić information content (AvgIpc) is 3.29. The molecule has 1 N–H and O–H groups in total. The minimum Gasteiger partial charge on any atom is -0.497 e. The van der Waals surface area contributed by atoms with Gasteiger partial charge < -0.3 is 15.0 Å². The number of hydrogen-bond acceptors (Lipinski definition) is 3. The van der Waals surface area contributed by atoms with Crippen LogP contribution in [0.15, 0.2) is 54.6 Å². The molecule has 2 aromatic rings. The molecule has 0 bridgehead atoms. The molecule has 1 saturated carbocycles. The fourth-order valence-electron chi connectivity index (χ4n) is 4.09. The van der Waals surface area contributed by atoms with Crippen LogP contribution in [0.25, 0.3) is 0 Å². The number of nitrogens with zero attached hydrogens (tertiary/aromatic N) is 1. The van der Waals surface area contributed by atoms with Gasteiger partial charge in [-0.15, -0.1) is 0 Å². The van der Waals surface area contributed by atoms with Crippen LogP contribution in [0, 0.1) is 0 Å². The van der Waals surface area contributed by atoms with Crippen LogP contribution in [0.5, 0.6) is 5.75 Å². The summed E-state index contributed by atoms with van der Waals surface area (Å²) in [6.07, 6.45) is 5.18. The minimum atomic E-state index is -0.549. The first-order chi connectivity index (χ1) is 14.6. The number of amides is 2. The maximum absolute atomic E-state index is 13.3. The molecule has 0 spiro atoms. The molecule has 5 nitrogen and oxygen atoms in total. The maximum atomic E-state index is 13.3. The van der Waals surface area contributed by atoms with Crippen LogP contribution in [0.4, 0.5) is 0 Å². The van der Waals surface area contributed by atoms with E-state index in [9.17, 15) is 9.59 Å². The first-order valence-corrected chi connectivity index (χ1v) is 10.9. The topological polar surface area (TPSA) is 58.6 Å². The van der Waals surface area contributed by atoms with E-state index in [4.69, 9.17) is 4.74 Å². The third-order valence-electron chi connectivity index (χ3n) is 5.76. The SMILES string of the molecule is CCC(=O)N(Cc1cccc(OC)c1)[C@@H](Cc1ccccc1)C(=O)NC1CCCC1. The van der Waals surface area contributed by atoms with Gasteiger partial charge in [-0.3, -0.25) is 9.59 Å². The summed E-state index contributed by atoms with van der Waals surface area (Å²) in [5.74, 6) is 0.655. The van der Waals surface area contributed by atoms with E-state index < -0.39 is 6.04 Å². The van der Waals surface area contributed by atoms with E-state index in [-0.39, 0.29) is 17.9 Å². The molecule has 0 aromatic heterocycles. The third-order valence-corrected chi connectivity index (χ3v) is 5.76. The van der Waals surface area contributed by atoms with Crippen molar-refractivity contribution >= 4 is 11.8 Å². The van der Waals surface area contributed by atoms with Crippen LogP contribution in [-0.4, -0.2) is 35.9 Å². The van der Waals surface area contributed by atoms with E-state index in [0.29, 0.717) is 19.4 Å². The van der Waals surface area contributed by atoms with Crippen molar-refractivity contribution in [3.8, 4) is 5.75 Å². The Kier molecular flexibility index (Phi) is 7.89. The zero-order valence-corrected chi connectivity index (χ0v) is 18.0. The van der Waals surface area contributed by atoms with E-state index in [1.165, 1.54) is 0 Å². The normalized spacial score (nSPS) is 14.9. The molecule has 30 heavy (non-hydrogen) atoms. The van der Waals surface area contributed by atoms with Crippen molar-refractivity contribution in [1.82, 2.24) is 10.2 Å². The fraction of sp³-hybridized carbons (Fsp3) is 0.440. The van der Waals surface area contributed by atoms with Gasteiger partial charge in [0.25, 0.3) is 0 Å². The van der Waals surface area contributed by atoms with E-state index in [0.717, 1.165) is 42.6 Å². The summed E-state index contributed by atoms with van der Waals surface area (Å²) in [5, 5.41) is 3.21. The number of carbonyl (C=O) groups excluding carboxylic acids is 2. The quantitative estimate of drug-likeness (QED) is 0.679. The van der Waals surface area contributed by atoms with Crippen LogP contribution in [0.1, 0.15) is 50.2 Å². The molecule has 2 aromatic carbocycles. The van der Waals surface area contributed by atoms with Crippen LogP contribution in [0.2, 0.25) is 0 Å². The van der Waals surface area contributed by atoms with Gasteiger partial charge in [0, 0.05) is 25.4 Å². The number of carbonyl (C=O) groups is 2. The highest BCUT2D eigenvalue weighted by Gasteiger charge is 2.31. The second-order valence-electron chi connectivity index (χ2n) is 7.92. The summed E-state index contributed by atoms with van der Waals surface area (Å²) in [5.41, 5.74) is 1.99. The van der Waals surface area contributed by atoms with Gasteiger partial charge in [-0.2, -0.15) is 0 Å². The lowest BCUT2D eigenvalue weighted by Crippen LogP contribution is -2.52. The summed E-state index contributed by atoms with van der Waals surface area (Å²) in [6, 6.07) is 17.3.